The summed E-state index contributed by atoms with van der Waals surface area (Å²) in [5, 5.41) is 0. The number of urea groups is 1. The van der Waals surface area contributed by atoms with Crippen molar-refractivity contribution < 1.29 is 14.3 Å². The molecule has 0 N–H and O–H groups in total. The number of methoxy groups -OCH3 is 1. The number of nitrogens with zero attached hydrogens (tertiary/aromatic N) is 4. The van der Waals surface area contributed by atoms with Crippen molar-refractivity contribution in [1.29, 1.82) is 0 Å². The first-order chi connectivity index (χ1) is 14.7. The lowest BCUT2D eigenvalue weighted by Gasteiger charge is -2.43. The molecule has 0 aliphatic carbocycles. The molecule has 30 heavy (non-hydrogen) atoms. The van der Waals surface area contributed by atoms with Crippen molar-refractivity contribution in [3.63, 3.8) is 0 Å². The van der Waals surface area contributed by atoms with Gasteiger partial charge in [0.05, 0.1) is 6.61 Å². The van der Waals surface area contributed by atoms with Gasteiger partial charge in [0.15, 0.2) is 0 Å². The molecule has 0 bridgehead atoms. The summed E-state index contributed by atoms with van der Waals surface area (Å²) in [5.74, 6) is 2.41. The van der Waals surface area contributed by atoms with Crippen LogP contribution in [-0.4, -0.2) is 94.6 Å². The zero-order chi connectivity index (χ0) is 21.0. The number of hydrogen-bond acceptors (Lipinski definition) is 6. The number of piperidine rings is 1. The number of ether oxygens (including phenoxy) is 1. The molecule has 4 heterocycles. The van der Waals surface area contributed by atoms with Gasteiger partial charge >= 0.3 is 6.03 Å². The topological polar surface area (TPSA) is 66.0 Å². The first-order valence-corrected chi connectivity index (χ1v) is 12.1. The van der Waals surface area contributed by atoms with E-state index in [9.17, 15) is 9.59 Å². The van der Waals surface area contributed by atoms with Crippen LogP contribution in [0.3, 0.4) is 0 Å². The maximum absolute atomic E-state index is 13.5. The number of aryl methyl sites for hydroxylation is 1. The van der Waals surface area contributed by atoms with Crippen LogP contribution in [0.25, 0.3) is 0 Å². The van der Waals surface area contributed by atoms with Crippen molar-refractivity contribution in [2.45, 2.75) is 43.7 Å². The summed E-state index contributed by atoms with van der Waals surface area (Å²) in [6, 6.07) is 4.43. The van der Waals surface area contributed by atoms with Crippen LogP contribution in [0, 0.1) is 0 Å². The van der Waals surface area contributed by atoms with Crippen LogP contribution < -0.4 is 0 Å². The normalized spacial score (nSPS) is 24.4. The third-order valence-corrected chi connectivity index (χ3v) is 7.90. The van der Waals surface area contributed by atoms with Crippen LogP contribution >= 0.6 is 11.8 Å². The Bertz CT molecular complexity index is 733. The van der Waals surface area contributed by atoms with Gasteiger partial charge in [0.25, 0.3) is 5.91 Å². The molecule has 8 heteroatoms. The average Bonchev–Trinajstić information content (AvgIpc) is 3.37. The molecule has 1 unspecified atom stereocenters. The number of pyridine rings is 1. The van der Waals surface area contributed by atoms with Gasteiger partial charge in [0.1, 0.15) is 5.54 Å². The highest BCUT2D eigenvalue weighted by Gasteiger charge is 2.57. The SMILES string of the molecule is COCCN1C(=O)N(CCCc2cccnc2)C(=O)C12CCN(C1CCSC1)CC2. The lowest BCUT2D eigenvalue weighted by Crippen LogP contribution is -2.58. The van der Waals surface area contributed by atoms with E-state index in [1.54, 1.807) is 13.3 Å². The number of carbonyl (C=O) groups excluding carboxylic acids is 2. The Kier molecular flexibility index (Phi) is 6.95. The van der Waals surface area contributed by atoms with Crippen molar-refractivity contribution in [3.8, 4) is 0 Å². The van der Waals surface area contributed by atoms with Gasteiger partial charge in [-0.3, -0.25) is 19.6 Å². The van der Waals surface area contributed by atoms with Crippen molar-refractivity contribution >= 4 is 23.7 Å². The standard InChI is InChI=1S/C22H32N4O3S/c1-29-14-13-26-21(28)25(10-3-5-18-4-2-9-23-16-18)20(27)22(26)7-11-24(12-8-22)19-6-15-30-17-19/h2,4,9,16,19H,3,5-8,10-15,17H2,1H3. The minimum atomic E-state index is -0.688. The van der Waals surface area contributed by atoms with Gasteiger partial charge in [-0.25, -0.2) is 4.79 Å². The fourth-order valence-corrected chi connectivity index (χ4v) is 6.27. The molecule has 3 aliphatic heterocycles. The summed E-state index contributed by atoms with van der Waals surface area (Å²) in [7, 11) is 1.64. The van der Waals surface area contributed by atoms with Gasteiger partial charge in [0, 0.05) is 57.5 Å². The smallest absolute Gasteiger partial charge is 0.327 e. The van der Waals surface area contributed by atoms with E-state index in [1.807, 2.05) is 35.0 Å². The van der Waals surface area contributed by atoms with Crippen molar-refractivity contribution in [3.05, 3.63) is 30.1 Å². The summed E-state index contributed by atoms with van der Waals surface area (Å²) in [5.41, 5.74) is 0.442. The number of rotatable bonds is 8. The number of carbonyl (C=O) groups is 2. The van der Waals surface area contributed by atoms with Crippen LogP contribution in [0.4, 0.5) is 4.79 Å². The fraction of sp³-hybridized carbons (Fsp3) is 0.682. The van der Waals surface area contributed by atoms with Crippen molar-refractivity contribution in [2.24, 2.45) is 0 Å². The highest BCUT2D eigenvalue weighted by atomic mass is 32.2. The molecule has 0 aromatic carbocycles. The van der Waals surface area contributed by atoms with Gasteiger partial charge in [-0.05, 0) is 49.5 Å². The Morgan fingerprint density at radius 1 is 1.27 bits per heavy atom. The Hall–Kier alpha value is -1.64. The summed E-state index contributed by atoms with van der Waals surface area (Å²) < 4.78 is 5.25. The molecular formula is C22H32N4O3S. The lowest BCUT2D eigenvalue weighted by molar-refractivity contribution is -0.136. The predicted octanol–water partition coefficient (Wildman–Crippen LogP) is 2.26. The summed E-state index contributed by atoms with van der Waals surface area (Å²) >= 11 is 2.02. The van der Waals surface area contributed by atoms with Crippen LogP contribution in [0.2, 0.25) is 0 Å². The third-order valence-electron chi connectivity index (χ3n) is 6.76. The first kappa shape index (κ1) is 21.6. The molecule has 3 saturated heterocycles. The molecule has 3 fully saturated rings. The molecule has 164 valence electrons. The third kappa shape index (κ3) is 4.22. The summed E-state index contributed by atoms with van der Waals surface area (Å²) in [6.45, 7) is 3.15. The van der Waals surface area contributed by atoms with E-state index in [2.05, 4.69) is 9.88 Å². The lowest BCUT2D eigenvalue weighted by atomic mass is 9.85. The molecule has 1 aromatic rings. The second kappa shape index (κ2) is 9.66. The molecule has 1 spiro atoms. The van der Waals surface area contributed by atoms with Crippen LogP contribution in [-0.2, 0) is 16.0 Å². The largest absolute Gasteiger partial charge is 0.383 e. The van der Waals surface area contributed by atoms with Crippen LogP contribution in [0.15, 0.2) is 24.5 Å². The van der Waals surface area contributed by atoms with E-state index in [4.69, 9.17) is 4.74 Å². The van der Waals surface area contributed by atoms with Gasteiger partial charge in [-0.2, -0.15) is 11.8 Å². The Morgan fingerprint density at radius 2 is 2.10 bits per heavy atom. The number of likely N-dealkylation sites (tertiary alicyclic amines) is 1. The number of thioether (sulfide) groups is 1. The monoisotopic (exact) mass is 432 g/mol. The zero-order valence-corrected chi connectivity index (χ0v) is 18.6. The highest BCUT2D eigenvalue weighted by Crippen LogP contribution is 2.38. The minimum absolute atomic E-state index is 0.00441. The molecule has 1 atom stereocenters. The number of imide groups is 1. The number of hydrogen-bond donors (Lipinski definition) is 0. The van der Waals surface area contributed by atoms with Crippen molar-refractivity contribution in [1.82, 2.24) is 19.7 Å². The summed E-state index contributed by atoms with van der Waals surface area (Å²) in [6.07, 6.45) is 7.84. The first-order valence-electron chi connectivity index (χ1n) is 11.0. The van der Waals surface area contributed by atoms with Gasteiger partial charge in [-0.1, -0.05) is 6.07 Å². The second-order valence-corrected chi connectivity index (χ2v) is 9.58. The predicted molar refractivity (Wildman–Crippen MR) is 118 cm³/mol. The van der Waals surface area contributed by atoms with E-state index in [1.165, 1.54) is 22.8 Å². The second-order valence-electron chi connectivity index (χ2n) is 8.43. The van der Waals surface area contributed by atoms with E-state index >= 15 is 0 Å². The molecule has 0 radical (unpaired) electrons. The Morgan fingerprint density at radius 3 is 2.77 bits per heavy atom. The highest BCUT2D eigenvalue weighted by molar-refractivity contribution is 7.99. The van der Waals surface area contributed by atoms with E-state index in [-0.39, 0.29) is 11.9 Å². The molecule has 0 saturated carbocycles. The van der Waals surface area contributed by atoms with E-state index in [0.717, 1.165) is 44.3 Å². The molecular weight excluding hydrogens is 400 g/mol. The molecule has 3 aliphatic rings. The molecule has 7 nitrogen and oxygen atoms in total. The Labute approximate surface area is 183 Å². The maximum atomic E-state index is 13.5. The summed E-state index contributed by atoms with van der Waals surface area (Å²) in [4.78, 5) is 36.7. The quantitative estimate of drug-likeness (QED) is 0.587. The number of amides is 3. The molecule has 3 amide bonds. The van der Waals surface area contributed by atoms with Crippen molar-refractivity contribution in [2.75, 3.05) is 51.4 Å². The zero-order valence-electron chi connectivity index (χ0n) is 17.8. The molecule has 1 aromatic heterocycles. The average molecular weight is 433 g/mol. The Balaban J connectivity index is 1.43. The van der Waals surface area contributed by atoms with Crippen LogP contribution in [0.5, 0.6) is 0 Å². The number of aromatic nitrogens is 1. The fourth-order valence-electron chi connectivity index (χ4n) is 5.01. The van der Waals surface area contributed by atoms with E-state index < -0.39 is 5.54 Å². The van der Waals surface area contributed by atoms with E-state index in [0.29, 0.717) is 25.7 Å². The van der Waals surface area contributed by atoms with Gasteiger partial charge in [-0.15, -0.1) is 0 Å². The van der Waals surface area contributed by atoms with Gasteiger partial charge in [0.2, 0.25) is 0 Å². The molecule has 4 rings (SSSR count). The minimum Gasteiger partial charge on any atom is -0.383 e. The maximum Gasteiger partial charge on any atom is 0.327 e. The van der Waals surface area contributed by atoms with Gasteiger partial charge < -0.3 is 9.64 Å². The van der Waals surface area contributed by atoms with Crippen LogP contribution in [0.1, 0.15) is 31.2 Å².